The standard InChI is InChI=1S/C15H31NO2S/c1-5-11-16-14-9-7-6-8-13(14)10-12-19(17,18)15(2,3)4/h13-14,16H,5-12H2,1-4H3. The first-order valence-electron chi connectivity index (χ1n) is 7.73. The molecule has 3 nitrogen and oxygen atoms in total. The lowest BCUT2D eigenvalue weighted by molar-refractivity contribution is 0.257. The van der Waals surface area contributed by atoms with Crippen LogP contribution in [-0.4, -0.2) is 31.5 Å². The van der Waals surface area contributed by atoms with Gasteiger partial charge in [0.05, 0.1) is 10.5 Å². The summed E-state index contributed by atoms with van der Waals surface area (Å²) in [6.07, 6.45) is 6.89. The summed E-state index contributed by atoms with van der Waals surface area (Å²) >= 11 is 0. The molecular weight excluding hydrogens is 258 g/mol. The largest absolute Gasteiger partial charge is 0.314 e. The fourth-order valence-electron chi connectivity index (χ4n) is 2.76. The number of rotatable bonds is 6. The summed E-state index contributed by atoms with van der Waals surface area (Å²) in [7, 11) is -2.97. The number of hydrogen-bond acceptors (Lipinski definition) is 3. The third kappa shape index (κ3) is 5.07. The Morgan fingerprint density at radius 3 is 2.37 bits per heavy atom. The molecular formula is C15H31NO2S. The summed E-state index contributed by atoms with van der Waals surface area (Å²) in [4.78, 5) is 0. The fourth-order valence-corrected chi connectivity index (χ4v) is 3.99. The molecule has 1 saturated carbocycles. The molecule has 2 atom stereocenters. The maximum atomic E-state index is 12.2. The van der Waals surface area contributed by atoms with Crippen LogP contribution in [0.15, 0.2) is 0 Å². The summed E-state index contributed by atoms with van der Waals surface area (Å²) in [5, 5.41) is 3.60. The zero-order valence-electron chi connectivity index (χ0n) is 13.0. The van der Waals surface area contributed by atoms with Crippen LogP contribution in [0.25, 0.3) is 0 Å². The first-order valence-corrected chi connectivity index (χ1v) is 9.39. The third-order valence-corrected chi connectivity index (χ3v) is 6.90. The minimum atomic E-state index is -2.97. The number of sulfone groups is 1. The molecule has 0 amide bonds. The molecule has 19 heavy (non-hydrogen) atoms. The van der Waals surface area contributed by atoms with E-state index in [-0.39, 0.29) is 0 Å². The molecule has 1 fully saturated rings. The number of hydrogen-bond donors (Lipinski definition) is 1. The smallest absolute Gasteiger partial charge is 0.155 e. The van der Waals surface area contributed by atoms with E-state index in [9.17, 15) is 8.42 Å². The molecule has 0 aliphatic heterocycles. The van der Waals surface area contributed by atoms with Crippen molar-refractivity contribution in [1.82, 2.24) is 5.32 Å². The van der Waals surface area contributed by atoms with E-state index in [4.69, 9.17) is 0 Å². The zero-order valence-corrected chi connectivity index (χ0v) is 13.9. The second-order valence-electron chi connectivity index (χ2n) is 6.83. The molecule has 114 valence electrons. The Kier molecular flexibility index (Phi) is 6.31. The van der Waals surface area contributed by atoms with Gasteiger partial charge in [0.2, 0.25) is 0 Å². The molecule has 0 aromatic heterocycles. The maximum absolute atomic E-state index is 12.2. The van der Waals surface area contributed by atoms with E-state index in [1.807, 2.05) is 0 Å². The van der Waals surface area contributed by atoms with Gasteiger partial charge in [-0.25, -0.2) is 8.42 Å². The Morgan fingerprint density at radius 1 is 1.16 bits per heavy atom. The van der Waals surface area contributed by atoms with E-state index in [1.165, 1.54) is 25.7 Å². The molecule has 1 N–H and O–H groups in total. The van der Waals surface area contributed by atoms with Crippen molar-refractivity contribution < 1.29 is 8.42 Å². The van der Waals surface area contributed by atoms with Crippen molar-refractivity contribution in [3.63, 3.8) is 0 Å². The topological polar surface area (TPSA) is 46.2 Å². The van der Waals surface area contributed by atoms with Crippen LogP contribution < -0.4 is 5.32 Å². The second kappa shape index (κ2) is 7.07. The Balaban J connectivity index is 2.54. The molecule has 0 spiro atoms. The summed E-state index contributed by atoms with van der Waals surface area (Å²) in [5.41, 5.74) is 0. The lowest BCUT2D eigenvalue weighted by Gasteiger charge is -2.33. The summed E-state index contributed by atoms with van der Waals surface area (Å²) in [6, 6.07) is 0.531. The van der Waals surface area contributed by atoms with Crippen LogP contribution in [0.4, 0.5) is 0 Å². The minimum absolute atomic E-state index is 0.339. The van der Waals surface area contributed by atoms with E-state index in [1.54, 1.807) is 20.8 Å². The Labute approximate surface area is 119 Å². The van der Waals surface area contributed by atoms with Gasteiger partial charge in [0.15, 0.2) is 9.84 Å². The Morgan fingerprint density at radius 2 is 1.79 bits per heavy atom. The van der Waals surface area contributed by atoms with Crippen molar-refractivity contribution in [3.8, 4) is 0 Å². The lowest BCUT2D eigenvalue weighted by Crippen LogP contribution is -2.40. The van der Waals surface area contributed by atoms with Gasteiger partial charge in [0.25, 0.3) is 0 Å². The highest BCUT2D eigenvalue weighted by molar-refractivity contribution is 7.92. The highest BCUT2D eigenvalue weighted by Crippen LogP contribution is 2.29. The molecule has 1 rings (SSSR count). The predicted octanol–water partition coefficient (Wildman–Crippen LogP) is 3.15. The normalized spacial score (nSPS) is 25.5. The average Bonchev–Trinajstić information content (AvgIpc) is 2.33. The van der Waals surface area contributed by atoms with Gasteiger partial charge in [-0.3, -0.25) is 0 Å². The minimum Gasteiger partial charge on any atom is -0.314 e. The van der Waals surface area contributed by atoms with E-state index in [0.29, 0.717) is 17.7 Å². The molecule has 4 heteroatoms. The molecule has 0 aromatic rings. The Bertz CT molecular complexity index is 357. The van der Waals surface area contributed by atoms with E-state index < -0.39 is 14.6 Å². The van der Waals surface area contributed by atoms with Crippen LogP contribution in [0, 0.1) is 5.92 Å². The summed E-state index contributed by atoms with van der Waals surface area (Å²) in [5.74, 6) is 0.878. The highest BCUT2D eigenvalue weighted by atomic mass is 32.2. The monoisotopic (exact) mass is 289 g/mol. The average molecular weight is 289 g/mol. The van der Waals surface area contributed by atoms with Crippen LogP contribution >= 0.6 is 0 Å². The SMILES string of the molecule is CCCNC1CCCCC1CCS(=O)(=O)C(C)(C)C. The van der Waals surface area contributed by atoms with Crippen LogP contribution in [0.1, 0.15) is 66.2 Å². The van der Waals surface area contributed by atoms with Gasteiger partial charge < -0.3 is 5.32 Å². The number of nitrogens with one attached hydrogen (secondary N) is 1. The van der Waals surface area contributed by atoms with Crippen molar-refractivity contribution in [2.75, 3.05) is 12.3 Å². The Hall–Kier alpha value is -0.0900. The lowest BCUT2D eigenvalue weighted by atomic mass is 9.83. The van der Waals surface area contributed by atoms with Gasteiger partial charge in [0, 0.05) is 6.04 Å². The van der Waals surface area contributed by atoms with E-state index in [2.05, 4.69) is 12.2 Å². The van der Waals surface area contributed by atoms with Crippen molar-refractivity contribution in [2.45, 2.75) is 77.0 Å². The molecule has 1 aliphatic rings. The van der Waals surface area contributed by atoms with Crippen molar-refractivity contribution in [2.24, 2.45) is 5.92 Å². The van der Waals surface area contributed by atoms with Gasteiger partial charge in [-0.15, -0.1) is 0 Å². The van der Waals surface area contributed by atoms with Gasteiger partial charge in [-0.2, -0.15) is 0 Å². The van der Waals surface area contributed by atoms with Crippen LogP contribution in [0.3, 0.4) is 0 Å². The molecule has 0 bridgehead atoms. The van der Waals surface area contributed by atoms with Crippen molar-refractivity contribution in [3.05, 3.63) is 0 Å². The van der Waals surface area contributed by atoms with Gasteiger partial charge >= 0.3 is 0 Å². The van der Waals surface area contributed by atoms with Gasteiger partial charge in [-0.05, 0) is 58.9 Å². The van der Waals surface area contributed by atoms with E-state index in [0.717, 1.165) is 19.4 Å². The summed E-state index contributed by atoms with van der Waals surface area (Å²) < 4.78 is 23.8. The zero-order chi connectivity index (χ0) is 14.5. The van der Waals surface area contributed by atoms with Crippen LogP contribution in [-0.2, 0) is 9.84 Å². The molecule has 1 aliphatic carbocycles. The predicted molar refractivity (Wildman–Crippen MR) is 82.2 cm³/mol. The van der Waals surface area contributed by atoms with Gasteiger partial charge in [-0.1, -0.05) is 19.8 Å². The van der Waals surface area contributed by atoms with Crippen LogP contribution in [0.5, 0.6) is 0 Å². The van der Waals surface area contributed by atoms with Gasteiger partial charge in [0.1, 0.15) is 0 Å². The molecule has 0 radical (unpaired) electrons. The summed E-state index contributed by atoms with van der Waals surface area (Å²) in [6.45, 7) is 8.63. The van der Waals surface area contributed by atoms with E-state index >= 15 is 0 Å². The second-order valence-corrected chi connectivity index (χ2v) is 9.69. The molecule has 0 aromatic carbocycles. The van der Waals surface area contributed by atoms with Crippen molar-refractivity contribution >= 4 is 9.84 Å². The quantitative estimate of drug-likeness (QED) is 0.817. The fraction of sp³-hybridized carbons (Fsp3) is 1.00. The molecule has 0 heterocycles. The molecule has 2 unspecified atom stereocenters. The molecule has 0 saturated heterocycles. The highest BCUT2D eigenvalue weighted by Gasteiger charge is 2.31. The van der Waals surface area contributed by atoms with Crippen molar-refractivity contribution in [1.29, 1.82) is 0 Å². The third-order valence-electron chi connectivity index (χ3n) is 4.26. The first-order chi connectivity index (χ1) is 8.78. The maximum Gasteiger partial charge on any atom is 0.155 e. The van der Waals surface area contributed by atoms with Crippen LogP contribution in [0.2, 0.25) is 0 Å². The first kappa shape index (κ1) is 17.0.